The molecule has 2 aromatic rings. The SMILES string of the molecule is CCN1CCOc2ccccc2CCCCC2(CN(C(=O)c3ccc4c(c3)CCC4)CCO2)C1=O. The molecule has 2 aliphatic heterocycles. The van der Waals surface area contributed by atoms with E-state index in [0.717, 1.165) is 49.8 Å². The smallest absolute Gasteiger partial charge is 0.256 e. The summed E-state index contributed by atoms with van der Waals surface area (Å²) in [6.07, 6.45) is 6.58. The number of hydrogen-bond donors (Lipinski definition) is 0. The van der Waals surface area contributed by atoms with E-state index in [9.17, 15) is 9.59 Å². The van der Waals surface area contributed by atoms with Crippen molar-refractivity contribution in [3.05, 3.63) is 64.7 Å². The van der Waals surface area contributed by atoms with Gasteiger partial charge in [-0.1, -0.05) is 24.3 Å². The molecule has 6 heteroatoms. The molecule has 186 valence electrons. The largest absolute Gasteiger partial charge is 0.491 e. The number of fused-ring (bicyclic) bond motifs is 2. The molecule has 3 aliphatic rings. The summed E-state index contributed by atoms with van der Waals surface area (Å²) < 4.78 is 12.4. The second-order valence-electron chi connectivity index (χ2n) is 9.95. The quantitative estimate of drug-likeness (QED) is 0.657. The summed E-state index contributed by atoms with van der Waals surface area (Å²) in [4.78, 5) is 31.1. The lowest BCUT2D eigenvalue weighted by Crippen LogP contribution is -2.62. The molecule has 1 atom stereocenters. The van der Waals surface area contributed by atoms with Gasteiger partial charge >= 0.3 is 0 Å². The van der Waals surface area contributed by atoms with E-state index in [-0.39, 0.29) is 11.8 Å². The summed E-state index contributed by atoms with van der Waals surface area (Å²) >= 11 is 0. The molecule has 0 bridgehead atoms. The van der Waals surface area contributed by atoms with E-state index in [1.807, 2.05) is 41.0 Å². The summed E-state index contributed by atoms with van der Waals surface area (Å²) in [6, 6.07) is 14.3. The molecular formula is C29H36N2O4. The van der Waals surface area contributed by atoms with Crippen LogP contribution in [-0.4, -0.2) is 66.6 Å². The molecule has 35 heavy (non-hydrogen) atoms. The number of carbonyl (C=O) groups is 2. The summed E-state index contributed by atoms with van der Waals surface area (Å²) in [6.45, 7) is 4.68. The first-order chi connectivity index (χ1) is 17.1. The Hall–Kier alpha value is -2.86. The van der Waals surface area contributed by atoms with E-state index in [0.29, 0.717) is 45.8 Å². The Morgan fingerprint density at radius 1 is 0.943 bits per heavy atom. The van der Waals surface area contributed by atoms with Crippen LogP contribution in [0.2, 0.25) is 0 Å². The molecule has 2 amide bonds. The van der Waals surface area contributed by atoms with E-state index >= 15 is 0 Å². The molecule has 0 aromatic heterocycles. The lowest BCUT2D eigenvalue weighted by molar-refractivity contribution is -0.170. The molecule has 1 saturated heterocycles. The number of para-hydroxylation sites is 1. The van der Waals surface area contributed by atoms with Gasteiger partial charge in [0, 0.05) is 18.7 Å². The zero-order chi connectivity index (χ0) is 24.3. The lowest BCUT2D eigenvalue weighted by atomic mass is 9.90. The third kappa shape index (κ3) is 4.94. The minimum atomic E-state index is -1.00. The van der Waals surface area contributed by atoms with Crippen molar-refractivity contribution in [2.24, 2.45) is 0 Å². The topological polar surface area (TPSA) is 59.1 Å². The number of nitrogens with zero attached hydrogens (tertiary/aromatic N) is 2. The van der Waals surface area contributed by atoms with E-state index in [1.165, 1.54) is 16.7 Å². The standard InChI is InChI=1S/C29H36N2O4/c1-2-30-16-18-34-26-12-4-3-8-23(26)9-5-6-15-29(28(30)33)21-31(17-19-35-29)27(32)25-14-13-22-10-7-11-24(22)20-25/h3-4,8,12-14,20H,2,5-7,9-11,15-19,21H2,1H3. The van der Waals surface area contributed by atoms with Crippen LogP contribution < -0.4 is 4.74 Å². The van der Waals surface area contributed by atoms with Gasteiger partial charge in [-0.15, -0.1) is 0 Å². The van der Waals surface area contributed by atoms with Gasteiger partial charge < -0.3 is 19.3 Å². The van der Waals surface area contributed by atoms with Gasteiger partial charge in [0.15, 0.2) is 5.60 Å². The van der Waals surface area contributed by atoms with Gasteiger partial charge in [-0.05, 0) is 86.8 Å². The predicted molar refractivity (Wildman–Crippen MR) is 135 cm³/mol. The maximum Gasteiger partial charge on any atom is 0.256 e. The summed E-state index contributed by atoms with van der Waals surface area (Å²) in [5, 5.41) is 0. The van der Waals surface area contributed by atoms with E-state index in [1.54, 1.807) is 0 Å². The number of likely N-dealkylation sites (N-methyl/N-ethyl adjacent to an activating group) is 1. The molecule has 1 spiro atoms. The summed E-state index contributed by atoms with van der Waals surface area (Å²) in [5.41, 5.74) is 3.57. The van der Waals surface area contributed by atoms with E-state index < -0.39 is 5.60 Å². The Balaban J connectivity index is 1.37. The molecule has 0 N–H and O–H groups in total. The third-order valence-electron chi connectivity index (χ3n) is 7.75. The average molecular weight is 477 g/mol. The highest BCUT2D eigenvalue weighted by atomic mass is 16.5. The maximum atomic E-state index is 13.9. The van der Waals surface area contributed by atoms with Crippen LogP contribution in [0.4, 0.5) is 0 Å². The summed E-state index contributed by atoms with van der Waals surface area (Å²) in [7, 11) is 0. The molecular weight excluding hydrogens is 440 g/mol. The first-order valence-corrected chi connectivity index (χ1v) is 13.1. The molecule has 1 aliphatic carbocycles. The Labute approximate surface area is 208 Å². The van der Waals surface area contributed by atoms with E-state index in [2.05, 4.69) is 18.2 Å². The molecule has 0 saturated carbocycles. The fourth-order valence-corrected chi connectivity index (χ4v) is 5.77. The molecule has 1 unspecified atom stereocenters. The number of carbonyl (C=O) groups excluding carboxylic acids is 2. The Kier molecular flexibility index (Phi) is 7.09. The zero-order valence-electron chi connectivity index (χ0n) is 20.8. The number of hydrogen-bond acceptors (Lipinski definition) is 4. The van der Waals surface area contributed by atoms with Crippen molar-refractivity contribution in [1.29, 1.82) is 0 Å². The number of benzene rings is 2. The fraction of sp³-hybridized carbons (Fsp3) is 0.517. The number of rotatable bonds is 2. The van der Waals surface area contributed by atoms with Crippen LogP contribution in [-0.2, 0) is 28.8 Å². The van der Waals surface area contributed by atoms with Crippen molar-refractivity contribution in [3.8, 4) is 5.75 Å². The van der Waals surface area contributed by atoms with Crippen LogP contribution >= 0.6 is 0 Å². The fourth-order valence-electron chi connectivity index (χ4n) is 5.77. The first kappa shape index (κ1) is 23.9. The minimum Gasteiger partial charge on any atom is -0.491 e. The molecule has 0 radical (unpaired) electrons. The van der Waals surface area contributed by atoms with Gasteiger partial charge in [0.05, 0.1) is 19.7 Å². The van der Waals surface area contributed by atoms with Crippen LogP contribution in [0.15, 0.2) is 42.5 Å². The monoisotopic (exact) mass is 476 g/mol. The minimum absolute atomic E-state index is 0.00148. The molecule has 1 fully saturated rings. The summed E-state index contributed by atoms with van der Waals surface area (Å²) in [5.74, 6) is 0.886. The maximum absolute atomic E-state index is 13.9. The predicted octanol–water partition coefficient (Wildman–Crippen LogP) is 4.04. The molecule has 2 heterocycles. The van der Waals surface area contributed by atoms with Gasteiger partial charge in [-0.25, -0.2) is 0 Å². The molecule has 6 nitrogen and oxygen atoms in total. The van der Waals surface area contributed by atoms with Crippen molar-refractivity contribution in [2.45, 2.75) is 57.5 Å². The zero-order valence-corrected chi connectivity index (χ0v) is 20.8. The van der Waals surface area contributed by atoms with Crippen molar-refractivity contribution in [3.63, 3.8) is 0 Å². The van der Waals surface area contributed by atoms with Gasteiger partial charge in [-0.3, -0.25) is 9.59 Å². The van der Waals surface area contributed by atoms with Crippen molar-refractivity contribution in [2.75, 3.05) is 39.4 Å². The number of ether oxygens (including phenoxy) is 2. The number of amides is 2. The van der Waals surface area contributed by atoms with Crippen LogP contribution in [0.5, 0.6) is 5.75 Å². The second-order valence-corrected chi connectivity index (χ2v) is 9.95. The Bertz CT molecular complexity index is 1080. The molecule has 5 rings (SSSR count). The average Bonchev–Trinajstić information content (AvgIpc) is 3.37. The Morgan fingerprint density at radius 2 is 1.77 bits per heavy atom. The first-order valence-electron chi connectivity index (χ1n) is 13.1. The second kappa shape index (κ2) is 10.4. The highest BCUT2D eigenvalue weighted by Gasteiger charge is 2.46. The van der Waals surface area contributed by atoms with Crippen molar-refractivity contribution in [1.82, 2.24) is 9.80 Å². The van der Waals surface area contributed by atoms with Gasteiger partial charge in [0.2, 0.25) is 0 Å². The van der Waals surface area contributed by atoms with Gasteiger partial charge in [0.1, 0.15) is 12.4 Å². The normalized spacial score (nSPS) is 23.2. The van der Waals surface area contributed by atoms with Crippen molar-refractivity contribution >= 4 is 11.8 Å². The Morgan fingerprint density at radius 3 is 2.66 bits per heavy atom. The van der Waals surface area contributed by atoms with E-state index in [4.69, 9.17) is 9.47 Å². The molecule has 2 aromatic carbocycles. The van der Waals surface area contributed by atoms with Crippen LogP contribution in [0, 0.1) is 0 Å². The van der Waals surface area contributed by atoms with Gasteiger partial charge in [0.25, 0.3) is 11.8 Å². The van der Waals surface area contributed by atoms with Crippen LogP contribution in [0.25, 0.3) is 0 Å². The van der Waals surface area contributed by atoms with Crippen molar-refractivity contribution < 1.29 is 19.1 Å². The van der Waals surface area contributed by atoms with Crippen LogP contribution in [0.1, 0.15) is 59.7 Å². The lowest BCUT2D eigenvalue weighted by Gasteiger charge is -2.44. The number of aryl methyl sites for hydroxylation is 3. The van der Waals surface area contributed by atoms with Crippen LogP contribution in [0.3, 0.4) is 0 Å². The highest BCUT2D eigenvalue weighted by molar-refractivity contribution is 5.95. The third-order valence-corrected chi connectivity index (χ3v) is 7.75. The van der Waals surface area contributed by atoms with Gasteiger partial charge in [-0.2, -0.15) is 0 Å². The number of morpholine rings is 1. The highest BCUT2D eigenvalue weighted by Crippen LogP contribution is 2.31.